The summed E-state index contributed by atoms with van der Waals surface area (Å²) in [6.45, 7) is 0.841. The van der Waals surface area contributed by atoms with E-state index in [9.17, 15) is 0 Å². The van der Waals surface area contributed by atoms with Gasteiger partial charge in [0.1, 0.15) is 22.8 Å². The van der Waals surface area contributed by atoms with Crippen LogP contribution in [0.4, 0.5) is 11.6 Å². The average Bonchev–Trinajstić information content (AvgIpc) is 3.11. The fourth-order valence-electron chi connectivity index (χ4n) is 2.56. The van der Waals surface area contributed by atoms with Crippen molar-refractivity contribution in [2.24, 2.45) is 0 Å². The van der Waals surface area contributed by atoms with Crippen LogP contribution in [0, 0.1) is 0 Å². The SMILES string of the molecule is CN(Cc1cc2c(NC3CCC3)ncnc2s1)c1ccsn1. The van der Waals surface area contributed by atoms with E-state index in [1.165, 1.54) is 35.7 Å². The van der Waals surface area contributed by atoms with Crippen LogP contribution in [0.3, 0.4) is 0 Å². The summed E-state index contributed by atoms with van der Waals surface area (Å²) in [6, 6.07) is 4.84. The Bertz CT molecular complexity index is 763. The van der Waals surface area contributed by atoms with E-state index in [4.69, 9.17) is 0 Å². The number of aromatic nitrogens is 3. The first-order valence-electron chi connectivity index (χ1n) is 7.41. The van der Waals surface area contributed by atoms with Crippen molar-refractivity contribution in [3.05, 3.63) is 28.7 Å². The maximum atomic E-state index is 4.43. The number of fused-ring (bicyclic) bond motifs is 1. The van der Waals surface area contributed by atoms with Crippen molar-refractivity contribution < 1.29 is 0 Å². The number of anilines is 2. The smallest absolute Gasteiger partial charge is 0.142 e. The van der Waals surface area contributed by atoms with E-state index in [1.807, 2.05) is 11.4 Å². The minimum Gasteiger partial charge on any atom is -0.367 e. The Morgan fingerprint density at radius 1 is 1.36 bits per heavy atom. The van der Waals surface area contributed by atoms with Crippen LogP contribution in [0.25, 0.3) is 10.2 Å². The first-order valence-corrected chi connectivity index (χ1v) is 9.06. The Kier molecular flexibility index (Phi) is 3.67. The highest BCUT2D eigenvalue weighted by molar-refractivity contribution is 7.18. The molecule has 1 N–H and O–H groups in total. The zero-order chi connectivity index (χ0) is 14.9. The lowest BCUT2D eigenvalue weighted by Gasteiger charge is -2.27. The zero-order valence-corrected chi connectivity index (χ0v) is 14.0. The standard InChI is InChI=1S/C15H17N5S2/c1-20(13-5-6-21-19-13)8-11-7-12-14(18-10-3-2-4-10)16-9-17-15(12)22-11/h5-7,9-10H,2-4,8H2,1H3,(H,16,17,18). The highest BCUT2D eigenvalue weighted by Gasteiger charge is 2.19. The van der Waals surface area contributed by atoms with Crippen molar-refractivity contribution in [3.8, 4) is 0 Å². The van der Waals surface area contributed by atoms with Gasteiger partial charge in [0.2, 0.25) is 0 Å². The van der Waals surface area contributed by atoms with E-state index in [1.54, 1.807) is 17.7 Å². The number of hydrogen-bond acceptors (Lipinski definition) is 7. The Hall–Kier alpha value is -1.73. The van der Waals surface area contributed by atoms with Gasteiger partial charge in [-0.05, 0) is 42.9 Å². The van der Waals surface area contributed by atoms with Crippen LogP contribution in [0.1, 0.15) is 24.1 Å². The topological polar surface area (TPSA) is 53.9 Å². The molecular weight excluding hydrogens is 314 g/mol. The lowest BCUT2D eigenvalue weighted by Crippen LogP contribution is -2.27. The van der Waals surface area contributed by atoms with E-state index in [2.05, 4.69) is 37.7 Å². The van der Waals surface area contributed by atoms with Crippen molar-refractivity contribution in [3.63, 3.8) is 0 Å². The summed E-state index contributed by atoms with van der Waals surface area (Å²) in [5.74, 6) is 2.00. The molecule has 0 unspecified atom stereocenters. The monoisotopic (exact) mass is 331 g/mol. The number of rotatable bonds is 5. The molecule has 5 nitrogen and oxygen atoms in total. The van der Waals surface area contributed by atoms with E-state index >= 15 is 0 Å². The van der Waals surface area contributed by atoms with Crippen LogP contribution in [0.2, 0.25) is 0 Å². The number of nitrogens with one attached hydrogen (secondary N) is 1. The summed E-state index contributed by atoms with van der Waals surface area (Å²) in [7, 11) is 2.07. The summed E-state index contributed by atoms with van der Waals surface area (Å²) in [6.07, 6.45) is 5.47. The van der Waals surface area contributed by atoms with E-state index < -0.39 is 0 Å². The molecule has 1 aliphatic carbocycles. The second-order valence-corrected chi connectivity index (χ2v) is 7.42. The predicted molar refractivity (Wildman–Crippen MR) is 92.9 cm³/mol. The summed E-state index contributed by atoms with van der Waals surface area (Å²) < 4.78 is 4.37. The zero-order valence-electron chi connectivity index (χ0n) is 12.3. The van der Waals surface area contributed by atoms with Gasteiger partial charge in [-0.1, -0.05) is 0 Å². The van der Waals surface area contributed by atoms with Crippen molar-refractivity contribution in [2.75, 3.05) is 17.3 Å². The molecule has 3 heterocycles. The maximum absolute atomic E-state index is 4.43. The van der Waals surface area contributed by atoms with Gasteiger partial charge in [-0.15, -0.1) is 11.3 Å². The second-order valence-electron chi connectivity index (χ2n) is 5.64. The quantitative estimate of drug-likeness (QED) is 0.772. The molecule has 1 saturated carbocycles. The number of hydrogen-bond donors (Lipinski definition) is 1. The largest absolute Gasteiger partial charge is 0.367 e. The molecule has 0 amide bonds. The molecule has 0 radical (unpaired) electrons. The third-order valence-electron chi connectivity index (χ3n) is 4.03. The van der Waals surface area contributed by atoms with Gasteiger partial charge >= 0.3 is 0 Å². The molecular formula is C15H17N5S2. The minimum absolute atomic E-state index is 0.583. The van der Waals surface area contributed by atoms with E-state index in [0.717, 1.165) is 28.4 Å². The third kappa shape index (κ3) is 2.66. The van der Waals surface area contributed by atoms with Gasteiger partial charge in [0.25, 0.3) is 0 Å². The fourth-order valence-corrected chi connectivity index (χ4v) is 4.16. The first-order chi connectivity index (χ1) is 10.8. The van der Waals surface area contributed by atoms with Gasteiger partial charge in [0.15, 0.2) is 0 Å². The summed E-state index contributed by atoms with van der Waals surface area (Å²) >= 11 is 3.21. The molecule has 114 valence electrons. The molecule has 3 aromatic rings. The Labute approximate surface area is 137 Å². The van der Waals surface area contributed by atoms with Crippen molar-refractivity contribution in [2.45, 2.75) is 31.8 Å². The molecule has 0 aromatic carbocycles. The van der Waals surface area contributed by atoms with Gasteiger partial charge in [-0.3, -0.25) is 0 Å². The Balaban J connectivity index is 1.58. The summed E-state index contributed by atoms with van der Waals surface area (Å²) in [5.41, 5.74) is 0. The fraction of sp³-hybridized carbons (Fsp3) is 0.400. The van der Waals surface area contributed by atoms with Crippen molar-refractivity contribution >= 4 is 44.7 Å². The molecule has 4 rings (SSSR count). The third-order valence-corrected chi connectivity index (χ3v) is 5.61. The summed E-state index contributed by atoms with van der Waals surface area (Å²) in [4.78, 5) is 13.3. The van der Waals surface area contributed by atoms with Gasteiger partial charge < -0.3 is 10.2 Å². The molecule has 0 bridgehead atoms. The highest BCUT2D eigenvalue weighted by Crippen LogP contribution is 2.31. The van der Waals surface area contributed by atoms with Crippen LogP contribution in [-0.2, 0) is 6.54 Å². The van der Waals surface area contributed by atoms with Crippen LogP contribution >= 0.6 is 22.9 Å². The number of nitrogens with zero attached hydrogens (tertiary/aromatic N) is 4. The Morgan fingerprint density at radius 3 is 3.00 bits per heavy atom. The summed E-state index contributed by atoms with van der Waals surface area (Å²) in [5, 5.41) is 6.69. The minimum atomic E-state index is 0.583. The van der Waals surface area contributed by atoms with Crippen LogP contribution < -0.4 is 10.2 Å². The maximum Gasteiger partial charge on any atom is 0.142 e. The normalized spacial score (nSPS) is 15.0. The lowest BCUT2D eigenvalue weighted by atomic mass is 9.93. The van der Waals surface area contributed by atoms with Crippen molar-refractivity contribution in [1.29, 1.82) is 0 Å². The predicted octanol–water partition coefficient (Wildman–Crippen LogP) is 3.75. The highest BCUT2D eigenvalue weighted by atomic mass is 32.1. The molecule has 0 spiro atoms. The molecule has 0 aliphatic heterocycles. The average molecular weight is 331 g/mol. The molecule has 3 aromatic heterocycles. The van der Waals surface area contributed by atoms with Crippen molar-refractivity contribution in [1.82, 2.24) is 14.3 Å². The number of thiophene rings is 1. The molecule has 0 saturated heterocycles. The van der Waals surface area contributed by atoms with Crippen LogP contribution in [0.5, 0.6) is 0 Å². The van der Waals surface area contributed by atoms with Gasteiger partial charge in [-0.2, -0.15) is 4.37 Å². The molecule has 0 atom stereocenters. The van der Waals surface area contributed by atoms with E-state index in [0.29, 0.717) is 6.04 Å². The Morgan fingerprint density at radius 2 is 2.27 bits per heavy atom. The molecule has 1 aliphatic rings. The first kappa shape index (κ1) is 13.9. The lowest BCUT2D eigenvalue weighted by molar-refractivity contribution is 0.445. The van der Waals surface area contributed by atoms with Gasteiger partial charge in [0.05, 0.1) is 11.9 Å². The van der Waals surface area contributed by atoms with E-state index in [-0.39, 0.29) is 0 Å². The second kappa shape index (κ2) is 5.81. The van der Waals surface area contributed by atoms with Crippen LogP contribution in [-0.4, -0.2) is 27.4 Å². The van der Waals surface area contributed by atoms with Gasteiger partial charge in [-0.25, -0.2) is 9.97 Å². The van der Waals surface area contributed by atoms with Crippen LogP contribution in [0.15, 0.2) is 23.8 Å². The van der Waals surface area contributed by atoms with Gasteiger partial charge in [0, 0.05) is 23.3 Å². The molecule has 1 fully saturated rings. The molecule has 22 heavy (non-hydrogen) atoms. The molecule has 7 heteroatoms.